The van der Waals surface area contributed by atoms with Gasteiger partial charge in [-0.1, -0.05) is 11.6 Å². The summed E-state index contributed by atoms with van der Waals surface area (Å²) in [4.78, 5) is 24.0. The number of esters is 1. The van der Waals surface area contributed by atoms with Crippen LogP contribution in [0.1, 0.15) is 45.2 Å². The molecular weight excluding hydrogens is 306 g/mol. The number of nitrogens with one attached hydrogen (secondary N) is 1. The summed E-state index contributed by atoms with van der Waals surface area (Å²) in [6.45, 7) is 0. The fraction of sp³-hybridized carbons (Fsp3) is 0.250. The van der Waals surface area contributed by atoms with E-state index in [4.69, 9.17) is 16.0 Å². The van der Waals surface area contributed by atoms with Gasteiger partial charge in [-0.15, -0.1) is 0 Å². The highest BCUT2D eigenvalue weighted by atomic mass is 35.5. The molecule has 1 aromatic heterocycles. The zero-order valence-corrected chi connectivity index (χ0v) is 12.6. The van der Waals surface area contributed by atoms with Crippen molar-refractivity contribution in [3.63, 3.8) is 0 Å². The maximum atomic E-state index is 12.3. The number of rotatable bonds is 4. The molecule has 1 saturated carbocycles. The Balaban J connectivity index is 1.82. The van der Waals surface area contributed by atoms with Gasteiger partial charge >= 0.3 is 5.97 Å². The van der Waals surface area contributed by atoms with Gasteiger partial charge < -0.3 is 14.5 Å². The van der Waals surface area contributed by atoms with Crippen molar-refractivity contribution < 1.29 is 18.7 Å². The van der Waals surface area contributed by atoms with Gasteiger partial charge in [0.1, 0.15) is 5.76 Å². The van der Waals surface area contributed by atoms with E-state index in [1.165, 1.54) is 19.4 Å². The second-order valence-electron chi connectivity index (χ2n) is 5.11. The highest BCUT2D eigenvalue weighted by molar-refractivity contribution is 6.33. The largest absolute Gasteiger partial charge is 0.468 e. The molecule has 22 heavy (non-hydrogen) atoms. The van der Waals surface area contributed by atoms with E-state index in [0.29, 0.717) is 17.2 Å². The number of methoxy groups -OCH3 is 1. The van der Waals surface area contributed by atoms with Crippen molar-refractivity contribution in [3.8, 4) is 0 Å². The van der Waals surface area contributed by atoms with Crippen molar-refractivity contribution in [2.45, 2.75) is 18.8 Å². The molecule has 2 aromatic rings. The van der Waals surface area contributed by atoms with Crippen molar-refractivity contribution in [3.05, 3.63) is 52.4 Å². The average Bonchev–Trinajstić information content (AvgIpc) is 3.25. The third kappa shape index (κ3) is 2.85. The minimum Gasteiger partial charge on any atom is -0.468 e. The fourth-order valence-corrected chi connectivity index (χ4v) is 2.43. The maximum absolute atomic E-state index is 12.3. The highest BCUT2D eigenvalue weighted by Gasteiger charge is 2.31. The molecule has 1 aliphatic carbocycles. The van der Waals surface area contributed by atoms with E-state index < -0.39 is 5.97 Å². The number of hydrogen-bond acceptors (Lipinski definition) is 4. The molecule has 1 heterocycles. The van der Waals surface area contributed by atoms with Crippen LogP contribution >= 0.6 is 11.6 Å². The standard InChI is InChI=1S/C16H14ClNO4/c1-21-16(20)12-8-10(4-5-13(12)17)18-15(19)11-6-7-22-14(11)9-2-3-9/h4-9H,2-3H2,1H3,(H,18,19). The number of hydrogen-bond donors (Lipinski definition) is 1. The second kappa shape index (κ2) is 5.85. The zero-order chi connectivity index (χ0) is 15.7. The summed E-state index contributed by atoms with van der Waals surface area (Å²) < 4.78 is 10.0. The van der Waals surface area contributed by atoms with E-state index in [1.807, 2.05) is 0 Å². The van der Waals surface area contributed by atoms with Gasteiger partial charge in [-0.25, -0.2) is 4.79 Å². The summed E-state index contributed by atoms with van der Waals surface area (Å²) in [6.07, 6.45) is 3.60. The Hall–Kier alpha value is -2.27. The Morgan fingerprint density at radius 1 is 1.27 bits per heavy atom. The van der Waals surface area contributed by atoms with Crippen LogP contribution in [0, 0.1) is 0 Å². The summed E-state index contributed by atoms with van der Waals surface area (Å²) in [5.41, 5.74) is 1.20. The van der Waals surface area contributed by atoms with Crippen LogP contribution in [-0.2, 0) is 4.74 Å². The van der Waals surface area contributed by atoms with E-state index in [9.17, 15) is 9.59 Å². The predicted octanol–water partition coefficient (Wildman–Crippen LogP) is 3.85. The molecule has 1 N–H and O–H groups in total. The van der Waals surface area contributed by atoms with Gasteiger partial charge in [-0.05, 0) is 37.1 Å². The van der Waals surface area contributed by atoms with Gasteiger partial charge in [0, 0.05) is 11.6 Å². The van der Waals surface area contributed by atoms with Crippen molar-refractivity contribution in [2.24, 2.45) is 0 Å². The lowest BCUT2D eigenvalue weighted by Gasteiger charge is -2.08. The van der Waals surface area contributed by atoms with Gasteiger partial charge in [-0.3, -0.25) is 4.79 Å². The topological polar surface area (TPSA) is 68.5 Å². The molecule has 3 rings (SSSR count). The first-order chi connectivity index (χ1) is 10.6. The van der Waals surface area contributed by atoms with Gasteiger partial charge in [0.05, 0.1) is 29.5 Å². The third-order valence-corrected chi connectivity index (χ3v) is 3.85. The quantitative estimate of drug-likeness (QED) is 0.869. The number of ether oxygens (including phenoxy) is 1. The molecule has 5 nitrogen and oxygen atoms in total. The van der Waals surface area contributed by atoms with Crippen LogP contribution < -0.4 is 5.32 Å². The van der Waals surface area contributed by atoms with E-state index in [1.54, 1.807) is 18.2 Å². The molecule has 1 amide bonds. The van der Waals surface area contributed by atoms with Crippen molar-refractivity contribution in [1.29, 1.82) is 0 Å². The Morgan fingerprint density at radius 3 is 2.73 bits per heavy atom. The summed E-state index contributed by atoms with van der Waals surface area (Å²) in [5, 5.41) is 3.02. The first kappa shape index (κ1) is 14.7. The molecule has 0 atom stereocenters. The van der Waals surface area contributed by atoms with Crippen molar-refractivity contribution >= 4 is 29.2 Å². The van der Waals surface area contributed by atoms with Crippen LogP contribution in [0.3, 0.4) is 0 Å². The number of halogens is 1. The van der Waals surface area contributed by atoms with E-state index >= 15 is 0 Å². The first-order valence-corrected chi connectivity index (χ1v) is 7.24. The first-order valence-electron chi connectivity index (χ1n) is 6.86. The lowest BCUT2D eigenvalue weighted by Crippen LogP contribution is -2.13. The van der Waals surface area contributed by atoms with E-state index in [0.717, 1.165) is 18.6 Å². The zero-order valence-electron chi connectivity index (χ0n) is 11.9. The number of benzene rings is 1. The molecule has 1 aromatic carbocycles. The van der Waals surface area contributed by atoms with E-state index in [-0.39, 0.29) is 16.5 Å². The SMILES string of the molecule is COC(=O)c1cc(NC(=O)c2ccoc2C2CC2)ccc1Cl. The lowest BCUT2D eigenvalue weighted by molar-refractivity contribution is 0.0600. The van der Waals surface area contributed by atoms with E-state index in [2.05, 4.69) is 10.1 Å². The number of carbonyl (C=O) groups is 2. The lowest BCUT2D eigenvalue weighted by atomic mass is 10.1. The molecule has 6 heteroatoms. The average molecular weight is 320 g/mol. The third-order valence-electron chi connectivity index (χ3n) is 3.52. The summed E-state index contributed by atoms with van der Waals surface area (Å²) in [7, 11) is 1.28. The van der Waals surface area contributed by atoms with Gasteiger partial charge in [-0.2, -0.15) is 0 Å². The second-order valence-corrected chi connectivity index (χ2v) is 5.52. The molecule has 0 spiro atoms. The number of furan rings is 1. The van der Waals surface area contributed by atoms with Crippen LogP contribution in [0.15, 0.2) is 34.9 Å². The Kier molecular flexibility index (Phi) is 3.90. The number of amides is 1. The summed E-state index contributed by atoms with van der Waals surface area (Å²) in [6, 6.07) is 6.31. The summed E-state index contributed by atoms with van der Waals surface area (Å²) in [5.74, 6) is 0.239. The van der Waals surface area contributed by atoms with Gasteiger partial charge in [0.25, 0.3) is 5.91 Å². The Bertz CT molecular complexity index is 733. The molecule has 0 saturated heterocycles. The molecule has 1 fully saturated rings. The predicted molar refractivity (Wildman–Crippen MR) is 81.4 cm³/mol. The molecule has 114 valence electrons. The minimum absolute atomic E-state index is 0.205. The molecule has 0 bridgehead atoms. The smallest absolute Gasteiger partial charge is 0.339 e. The molecule has 0 aliphatic heterocycles. The van der Waals surface area contributed by atoms with Crippen LogP contribution in [0.2, 0.25) is 5.02 Å². The van der Waals surface area contributed by atoms with Crippen LogP contribution in [-0.4, -0.2) is 19.0 Å². The number of carbonyl (C=O) groups excluding carboxylic acids is 2. The number of anilines is 1. The molecule has 1 aliphatic rings. The molecular formula is C16H14ClNO4. The highest BCUT2D eigenvalue weighted by Crippen LogP contribution is 2.42. The Labute approximate surface area is 132 Å². The van der Waals surface area contributed by atoms with Gasteiger partial charge in [0.2, 0.25) is 0 Å². The van der Waals surface area contributed by atoms with Crippen molar-refractivity contribution in [2.75, 3.05) is 12.4 Å². The normalized spacial score (nSPS) is 13.7. The fourth-order valence-electron chi connectivity index (χ4n) is 2.24. The Morgan fingerprint density at radius 2 is 2.05 bits per heavy atom. The van der Waals surface area contributed by atoms with Gasteiger partial charge in [0.15, 0.2) is 0 Å². The van der Waals surface area contributed by atoms with Crippen LogP contribution in [0.4, 0.5) is 5.69 Å². The van der Waals surface area contributed by atoms with Crippen LogP contribution in [0.25, 0.3) is 0 Å². The van der Waals surface area contributed by atoms with Crippen LogP contribution in [0.5, 0.6) is 0 Å². The monoisotopic (exact) mass is 319 g/mol. The summed E-state index contributed by atoms with van der Waals surface area (Å²) >= 11 is 5.95. The molecule has 0 radical (unpaired) electrons. The van der Waals surface area contributed by atoms with Crippen molar-refractivity contribution in [1.82, 2.24) is 0 Å². The molecule has 0 unspecified atom stereocenters. The maximum Gasteiger partial charge on any atom is 0.339 e. The minimum atomic E-state index is -0.553.